The molecule has 16 heavy (non-hydrogen) atoms. The lowest BCUT2D eigenvalue weighted by atomic mass is 9.89. The molecule has 0 bridgehead atoms. The van der Waals surface area contributed by atoms with Gasteiger partial charge < -0.3 is 15.8 Å². The summed E-state index contributed by atoms with van der Waals surface area (Å²) in [5.41, 5.74) is 5.69. The molecule has 0 aliphatic heterocycles. The average Bonchev–Trinajstić information content (AvgIpc) is 2.23. The molecule has 0 aromatic carbocycles. The quantitative estimate of drug-likeness (QED) is 0.787. The molecule has 1 amide bonds. The highest BCUT2D eigenvalue weighted by molar-refractivity contribution is 5.97. The average molecular weight is 221 g/mol. The van der Waals surface area contributed by atoms with Crippen molar-refractivity contribution >= 4 is 11.7 Å². The maximum Gasteiger partial charge on any atom is 0.252 e. The Morgan fingerprint density at radius 2 is 2.38 bits per heavy atom. The Balaban J connectivity index is 2.02. The molecule has 0 unspecified atom stereocenters. The zero-order valence-electron chi connectivity index (χ0n) is 9.14. The van der Waals surface area contributed by atoms with Crippen LogP contribution >= 0.6 is 0 Å². The summed E-state index contributed by atoms with van der Waals surface area (Å²) in [6, 6.07) is 3.69. The Bertz CT molecular complexity index is 389. The highest BCUT2D eigenvalue weighted by Gasteiger charge is 2.29. The van der Waals surface area contributed by atoms with Gasteiger partial charge in [0.05, 0.1) is 11.7 Å². The number of pyridine rings is 1. The Labute approximate surface area is 94.0 Å². The van der Waals surface area contributed by atoms with Gasteiger partial charge in [0.25, 0.3) is 5.91 Å². The van der Waals surface area contributed by atoms with E-state index in [1.165, 1.54) is 0 Å². The molecule has 1 heterocycles. The van der Waals surface area contributed by atoms with Crippen molar-refractivity contribution < 1.29 is 9.53 Å². The van der Waals surface area contributed by atoms with E-state index in [-0.39, 0.29) is 0 Å². The molecule has 1 fully saturated rings. The van der Waals surface area contributed by atoms with Gasteiger partial charge in [-0.15, -0.1) is 0 Å². The number of carbonyl (C=O) groups excluding carboxylic acids is 1. The third kappa shape index (κ3) is 2.14. The van der Waals surface area contributed by atoms with E-state index in [4.69, 9.17) is 10.5 Å². The Hall–Kier alpha value is -1.62. The number of anilines is 1. The van der Waals surface area contributed by atoms with Crippen LogP contribution in [0.3, 0.4) is 0 Å². The number of rotatable bonds is 4. The van der Waals surface area contributed by atoms with Crippen LogP contribution in [0, 0.1) is 0 Å². The second-order valence-electron chi connectivity index (χ2n) is 3.93. The molecule has 0 saturated heterocycles. The number of ether oxygens (including phenoxy) is 1. The number of hydrogen-bond acceptors (Lipinski definition) is 4. The molecule has 5 heteroatoms. The molecule has 0 radical (unpaired) electrons. The van der Waals surface area contributed by atoms with Gasteiger partial charge in [-0.1, -0.05) is 0 Å². The normalized spacial score (nSPS) is 23.6. The molecule has 1 saturated carbocycles. The molecule has 0 spiro atoms. The lowest BCUT2D eigenvalue weighted by Gasteiger charge is -2.35. The first kappa shape index (κ1) is 10.9. The summed E-state index contributed by atoms with van der Waals surface area (Å²) in [5.74, 6) is 0.104. The van der Waals surface area contributed by atoms with E-state index < -0.39 is 5.91 Å². The summed E-state index contributed by atoms with van der Waals surface area (Å²) in [6.07, 6.45) is 3.83. The molecule has 5 nitrogen and oxygen atoms in total. The van der Waals surface area contributed by atoms with Crippen molar-refractivity contribution in [1.82, 2.24) is 4.98 Å². The first-order valence-electron chi connectivity index (χ1n) is 5.25. The minimum absolute atomic E-state index is 0.318. The van der Waals surface area contributed by atoms with Crippen LogP contribution in [-0.4, -0.2) is 30.1 Å². The van der Waals surface area contributed by atoms with Gasteiger partial charge in [-0.3, -0.25) is 4.79 Å². The predicted molar refractivity (Wildman–Crippen MR) is 60.2 cm³/mol. The molecule has 1 aromatic heterocycles. The maximum absolute atomic E-state index is 11.1. The first-order chi connectivity index (χ1) is 7.70. The fraction of sp³-hybridized carbons (Fsp3) is 0.455. The molecule has 86 valence electrons. The Kier molecular flexibility index (Phi) is 3.05. The molecule has 3 N–H and O–H groups in total. The predicted octanol–water partition coefficient (Wildman–Crippen LogP) is 0.770. The third-order valence-electron chi connectivity index (χ3n) is 2.84. The van der Waals surface area contributed by atoms with Crippen molar-refractivity contribution in [3.63, 3.8) is 0 Å². The number of nitrogens with zero attached hydrogens (tertiary/aromatic N) is 1. The van der Waals surface area contributed by atoms with Gasteiger partial charge in [0.15, 0.2) is 0 Å². The summed E-state index contributed by atoms with van der Waals surface area (Å²) >= 11 is 0. The van der Waals surface area contributed by atoms with E-state index in [0.29, 0.717) is 23.5 Å². The maximum atomic E-state index is 11.1. The lowest BCUT2D eigenvalue weighted by molar-refractivity contribution is 0.0328. The van der Waals surface area contributed by atoms with Gasteiger partial charge in [0.1, 0.15) is 5.82 Å². The second kappa shape index (κ2) is 4.49. The number of aromatic nitrogens is 1. The first-order valence-corrected chi connectivity index (χ1v) is 5.25. The summed E-state index contributed by atoms with van der Waals surface area (Å²) in [4.78, 5) is 15.3. The Morgan fingerprint density at radius 3 is 3.00 bits per heavy atom. The zero-order chi connectivity index (χ0) is 11.5. The SMILES string of the molecule is COC1CC(Nc2ncccc2C(N)=O)C1. The molecule has 2 rings (SSSR count). The largest absolute Gasteiger partial charge is 0.381 e. The van der Waals surface area contributed by atoms with Crippen molar-refractivity contribution in [1.29, 1.82) is 0 Å². The summed E-state index contributed by atoms with van der Waals surface area (Å²) in [6.45, 7) is 0. The van der Waals surface area contributed by atoms with Gasteiger partial charge >= 0.3 is 0 Å². The monoisotopic (exact) mass is 221 g/mol. The van der Waals surface area contributed by atoms with Gasteiger partial charge in [-0.05, 0) is 25.0 Å². The number of methoxy groups -OCH3 is 1. The van der Waals surface area contributed by atoms with Crippen LogP contribution in [0.4, 0.5) is 5.82 Å². The third-order valence-corrected chi connectivity index (χ3v) is 2.84. The fourth-order valence-corrected chi connectivity index (χ4v) is 1.79. The minimum Gasteiger partial charge on any atom is -0.381 e. The van der Waals surface area contributed by atoms with E-state index in [0.717, 1.165) is 12.8 Å². The molecular weight excluding hydrogens is 206 g/mol. The van der Waals surface area contributed by atoms with Gasteiger partial charge in [-0.25, -0.2) is 4.98 Å². The van der Waals surface area contributed by atoms with Crippen LogP contribution in [0.2, 0.25) is 0 Å². The summed E-state index contributed by atoms with van der Waals surface area (Å²) in [7, 11) is 1.70. The topological polar surface area (TPSA) is 77.2 Å². The standard InChI is InChI=1S/C11H15N3O2/c1-16-8-5-7(6-8)14-11-9(10(12)15)3-2-4-13-11/h2-4,7-8H,5-6H2,1H3,(H2,12,15)(H,13,14). The van der Waals surface area contributed by atoms with Crippen LogP contribution in [-0.2, 0) is 4.74 Å². The van der Waals surface area contributed by atoms with E-state index in [9.17, 15) is 4.79 Å². The van der Waals surface area contributed by atoms with E-state index in [1.807, 2.05) is 0 Å². The van der Waals surface area contributed by atoms with Crippen molar-refractivity contribution in [2.24, 2.45) is 5.73 Å². The molecular formula is C11H15N3O2. The summed E-state index contributed by atoms with van der Waals surface area (Å²) in [5, 5.41) is 3.20. The number of amides is 1. The van der Waals surface area contributed by atoms with Crippen LogP contribution in [0.15, 0.2) is 18.3 Å². The highest BCUT2D eigenvalue weighted by Crippen LogP contribution is 2.26. The lowest BCUT2D eigenvalue weighted by Crippen LogP contribution is -2.40. The smallest absolute Gasteiger partial charge is 0.252 e. The van der Waals surface area contributed by atoms with E-state index in [1.54, 1.807) is 25.4 Å². The van der Waals surface area contributed by atoms with Crippen LogP contribution in [0.1, 0.15) is 23.2 Å². The van der Waals surface area contributed by atoms with Crippen molar-refractivity contribution in [2.75, 3.05) is 12.4 Å². The highest BCUT2D eigenvalue weighted by atomic mass is 16.5. The minimum atomic E-state index is -0.460. The molecule has 1 aliphatic rings. The van der Waals surface area contributed by atoms with Gasteiger partial charge in [-0.2, -0.15) is 0 Å². The fourth-order valence-electron chi connectivity index (χ4n) is 1.79. The molecule has 1 aliphatic carbocycles. The van der Waals surface area contributed by atoms with E-state index >= 15 is 0 Å². The molecule has 1 aromatic rings. The van der Waals surface area contributed by atoms with Gasteiger partial charge in [0, 0.05) is 19.3 Å². The van der Waals surface area contributed by atoms with Crippen molar-refractivity contribution in [3.05, 3.63) is 23.9 Å². The van der Waals surface area contributed by atoms with Crippen molar-refractivity contribution in [2.45, 2.75) is 25.0 Å². The zero-order valence-corrected chi connectivity index (χ0v) is 9.14. The van der Waals surface area contributed by atoms with Crippen molar-refractivity contribution in [3.8, 4) is 0 Å². The van der Waals surface area contributed by atoms with E-state index in [2.05, 4.69) is 10.3 Å². The molecule has 0 atom stereocenters. The van der Waals surface area contributed by atoms with Gasteiger partial charge in [0.2, 0.25) is 0 Å². The Morgan fingerprint density at radius 1 is 1.62 bits per heavy atom. The van der Waals surface area contributed by atoms with Crippen LogP contribution < -0.4 is 11.1 Å². The number of nitrogens with one attached hydrogen (secondary N) is 1. The van der Waals surface area contributed by atoms with Crippen LogP contribution in [0.5, 0.6) is 0 Å². The summed E-state index contributed by atoms with van der Waals surface area (Å²) < 4.78 is 5.18. The number of primary amides is 1. The van der Waals surface area contributed by atoms with Crippen LogP contribution in [0.25, 0.3) is 0 Å². The second-order valence-corrected chi connectivity index (χ2v) is 3.93. The number of hydrogen-bond donors (Lipinski definition) is 2. The number of carbonyl (C=O) groups is 1. The number of nitrogens with two attached hydrogens (primary N) is 1.